The van der Waals surface area contributed by atoms with Gasteiger partial charge in [-0.2, -0.15) is 0 Å². The summed E-state index contributed by atoms with van der Waals surface area (Å²) in [6, 6.07) is 7.70. The Morgan fingerprint density at radius 3 is 2.67 bits per heavy atom. The maximum absolute atomic E-state index is 11.5. The number of aryl methyl sites for hydroxylation is 1. The number of aliphatic carboxylic acids is 1. The van der Waals surface area contributed by atoms with Gasteiger partial charge < -0.3 is 14.8 Å². The van der Waals surface area contributed by atoms with E-state index >= 15 is 0 Å². The van der Waals surface area contributed by atoms with Crippen molar-refractivity contribution in [1.29, 1.82) is 0 Å². The molecule has 1 aromatic heterocycles. The van der Waals surface area contributed by atoms with Crippen LogP contribution < -0.4 is 0 Å². The number of benzene rings is 1. The molecule has 0 amide bonds. The molecule has 0 bridgehead atoms. The number of carboxylic acid groups (broad SMARTS) is 1. The Labute approximate surface area is 105 Å². The molecule has 4 heteroatoms. The normalized spacial score (nSPS) is 14.6. The molecule has 0 aliphatic heterocycles. The first-order valence-corrected chi connectivity index (χ1v) is 5.89. The molecule has 0 radical (unpaired) electrons. The van der Waals surface area contributed by atoms with Gasteiger partial charge in [0, 0.05) is 30.8 Å². The van der Waals surface area contributed by atoms with E-state index in [1.54, 1.807) is 6.92 Å². The van der Waals surface area contributed by atoms with Gasteiger partial charge in [0.25, 0.3) is 0 Å². The van der Waals surface area contributed by atoms with Gasteiger partial charge in [-0.25, -0.2) is 0 Å². The van der Waals surface area contributed by atoms with Crippen LogP contribution in [0, 0.1) is 0 Å². The minimum Gasteiger partial charge on any atom is -0.481 e. The number of aliphatic hydroxyl groups excluding tert-OH is 1. The summed E-state index contributed by atoms with van der Waals surface area (Å²) in [5, 5.41) is 19.5. The number of carboxylic acids is 1. The van der Waals surface area contributed by atoms with Crippen LogP contribution in [0.25, 0.3) is 10.9 Å². The molecule has 4 nitrogen and oxygen atoms in total. The maximum Gasteiger partial charge on any atom is 0.314 e. The summed E-state index contributed by atoms with van der Waals surface area (Å²) in [5.41, 5.74) is 0.690. The molecule has 1 atom stereocenters. The van der Waals surface area contributed by atoms with E-state index in [0.717, 1.165) is 16.5 Å². The lowest BCUT2D eigenvalue weighted by Crippen LogP contribution is -2.33. The number of aliphatic hydroxyl groups is 1. The number of rotatable bonds is 4. The van der Waals surface area contributed by atoms with Gasteiger partial charge in [0.05, 0.1) is 5.41 Å². The fourth-order valence-corrected chi connectivity index (χ4v) is 2.36. The summed E-state index contributed by atoms with van der Waals surface area (Å²) in [6.07, 6.45) is 2.05. The highest BCUT2D eigenvalue weighted by Crippen LogP contribution is 2.34. The lowest BCUT2D eigenvalue weighted by molar-refractivity contribution is -0.143. The smallest absolute Gasteiger partial charge is 0.314 e. The summed E-state index contributed by atoms with van der Waals surface area (Å²) in [6.45, 7) is 1.51. The molecule has 0 aliphatic carbocycles. The third-order valence-electron chi connectivity index (χ3n) is 3.58. The number of hydrogen-bond acceptors (Lipinski definition) is 2. The molecular formula is C14H17NO3. The molecule has 1 heterocycles. The molecule has 1 aromatic carbocycles. The van der Waals surface area contributed by atoms with Crippen molar-refractivity contribution < 1.29 is 15.0 Å². The van der Waals surface area contributed by atoms with Crippen molar-refractivity contribution in [3.63, 3.8) is 0 Å². The van der Waals surface area contributed by atoms with Crippen LogP contribution in [0.5, 0.6) is 0 Å². The number of aromatic nitrogens is 1. The lowest BCUT2D eigenvalue weighted by Gasteiger charge is -2.23. The molecule has 2 N–H and O–H groups in total. The highest BCUT2D eigenvalue weighted by Gasteiger charge is 2.37. The van der Waals surface area contributed by atoms with Gasteiger partial charge in [-0.15, -0.1) is 0 Å². The van der Waals surface area contributed by atoms with Crippen LogP contribution in [0.3, 0.4) is 0 Å². The molecule has 0 saturated heterocycles. The van der Waals surface area contributed by atoms with Crippen molar-refractivity contribution >= 4 is 16.9 Å². The Morgan fingerprint density at radius 2 is 2.06 bits per heavy atom. The minimum absolute atomic E-state index is 0.147. The van der Waals surface area contributed by atoms with Crippen molar-refractivity contribution in [2.75, 3.05) is 6.61 Å². The van der Waals surface area contributed by atoms with Crippen LogP contribution in [0.2, 0.25) is 0 Å². The van der Waals surface area contributed by atoms with E-state index < -0.39 is 11.4 Å². The molecule has 2 rings (SSSR count). The lowest BCUT2D eigenvalue weighted by atomic mass is 9.79. The van der Waals surface area contributed by atoms with Crippen molar-refractivity contribution in [3.05, 3.63) is 36.0 Å². The first-order valence-electron chi connectivity index (χ1n) is 5.89. The molecule has 0 saturated carbocycles. The van der Waals surface area contributed by atoms with E-state index in [0.29, 0.717) is 0 Å². The fraction of sp³-hybridized carbons (Fsp3) is 0.357. The second kappa shape index (κ2) is 4.46. The van der Waals surface area contributed by atoms with Gasteiger partial charge in [-0.05, 0) is 25.0 Å². The van der Waals surface area contributed by atoms with Crippen molar-refractivity contribution in [3.8, 4) is 0 Å². The van der Waals surface area contributed by atoms with Crippen molar-refractivity contribution in [2.24, 2.45) is 7.05 Å². The fourth-order valence-electron chi connectivity index (χ4n) is 2.36. The molecule has 0 aliphatic rings. The second-order valence-corrected chi connectivity index (χ2v) is 4.78. The Bertz CT molecular complexity index is 588. The molecule has 1 unspecified atom stereocenters. The summed E-state index contributed by atoms with van der Waals surface area (Å²) >= 11 is 0. The number of fused-ring (bicyclic) bond motifs is 1. The van der Waals surface area contributed by atoms with E-state index in [1.165, 1.54) is 0 Å². The van der Waals surface area contributed by atoms with E-state index in [9.17, 15) is 9.90 Å². The number of para-hydroxylation sites is 1. The largest absolute Gasteiger partial charge is 0.481 e. The summed E-state index contributed by atoms with van der Waals surface area (Å²) in [5.74, 6) is -0.909. The SMILES string of the molecule is Cn1cc(C(C)(CCO)C(=O)O)c2ccccc21. The zero-order valence-electron chi connectivity index (χ0n) is 10.6. The number of nitrogens with zero attached hydrogens (tertiary/aromatic N) is 1. The standard InChI is InChI=1S/C14H17NO3/c1-14(7-8-16,13(17)18)11-9-15(2)12-6-4-3-5-10(11)12/h3-6,9,16H,7-8H2,1-2H3,(H,17,18). The van der Waals surface area contributed by atoms with Gasteiger partial charge in [0.1, 0.15) is 0 Å². The molecule has 0 spiro atoms. The van der Waals surface area contributed by atoms with E-state index in [-0.39, 0.29) is 13.0 Å². The Kier molecular flexibility index (Phi) is 3.13. The summed E-state index contributed by atoms with van der Waals surface area (Å²) in [7, 11) is 1.90. The zero-order valence-corrected chi connectivity index (χ0v) is 10.6. The number of carbonyl (C=O) groups is 1. The second-order valence-electron chi connectivity index (χ2n) is 4.78. The van der Waals surface area contributed by atoms with Crippen LogP contribution in [0.1, 0.15) is 18.9 Å². The number of hydrogen-bond donors (Lipinski definition) is 2. The van der Waals surface area contributed by atoms with Gasteiger partial charge in [-0.3, -0.25) is 4.79 Å². The quantitative estimate of drug-likeness (QED) is 0.867. The zero-order chi connectivity index (χ0) is 13.3. The van der Waals surface area contributed by atoms with Gasteiger partial charge in [-0.1, -0.05) is 18.2 Å². The van der Waals surface area contributed by atoms with E-state index in [4.69, 9.17) is 5.11 Å². The van der Waals surface area contributed by atoms with Crippen LogP contribution in [-0.4, -0.2) is 27.4 Å². The Morgan fingerprint density at radius 1 is 1.39 bits per heavy atom. The Balaban J connectivity index is 2.69. The average molecular weight is 247 g/mol. The monoisotopic (exact) mass is 247 g/mol. The van der Waals surface area contributed by atoms with E-state index in [2.05, 4.69) is 0 Å². The highest BCUT2D eigenvalue weighted by atomic mass is 16.4. The first-order chi connectivity index (χ1) is 8.50. The molecule has 18 heavy (non-hydrogen) atoms. The molecule has 96 valence electrons. The van der Waals surface area contributed by atoms with Crippen LogP contribution in [-0.2, 0) is 17.3 Å². The van der Waals surface area contributed by atoms with Crippen molar-refractivity contribution in [1.82, 2.24) is 4.57 Å². The predicted molar refractivity (Wildman–Crippen MR) is 69.6 cm³/mol. The predicted octanol–water partition coefficient (Wildman–Crippen LogP) is 1.90. The van der Waals surface area contributed by atoms with Gasteiger partial charge in [0.15, 0.2) is 0 Å². The first kappa shape index (κ1) is 12.6. The maximum atomic E-state index is 11.5. The summed E-state index contributed by atoms with van der Waals surface area (Å²) in [4.78, 5) is 11.5. The summed E-state index contributed by atoms with van der Waals surface area (Å²) < 4.78 is 1.92. The average Bonchev–Trinajstić information content (AvgIpc) is 2.68. The van der Waals surface area contributed by atoms with Gasteiger partial charge >= 0.3 is 5.97 Å². The van der Waals surface area contributed by atoms with Crippen LogP contribution >= 0.6 is 0 Å². The highest BCUT2D eigenvalue weighted by molar-refractivity contribution is 5.92. The molecule has 0 fully saturated rings. The van der Waals surface area contributed by atoms with Gasteiger partial charge in [0.2, 0.25) is 0 Å². The van der Waals surface area contributed by atoms with Crippen LogP contribution in [0.4, 0.5) is 0 Å². The van der Waals surface area contributed by atoms with Crippen LogP contribution in [0.15, 0.2) is 30.5 Å². The molecular weight excluding hydrogens is 230 g/mol. The van der Waals surface area contributed by atoms with E-state index in [1.807, 2.05) is 42.1 Å². The topological polar surface area (TPSA) is 62.5 Å². The minimum atomic E-state index is -1.06. The Hall–Kier alpha value is -1.81. The third kappa shape index (κ3) is 1.78. The molecule has 2 aromatic rings. The third-order valence-corrected chi connectivity index (χ3v) is 3.58. The van der Waals surface area contributed by atoms with Crippen molar-refractivity contribution in [2.45, 2.75) is 18.8 Å².